The predicted octanol–water partition coefficient (Wildman–Crippen LogP) is 6.28. The first-order valence-corrected chi connectivity index (χ1v) is 12.5. The lowest BCUT2D eigenvalue weighted by atomic mass is 9.91. The second-order valence-corrected chi connectivity index (χ2v) is 9.03. The van der Waals surface area contributed by atoms with Crippen molar-refractivity contribution in [2.75, 3.05) is 13.7 Å². The molecule has 208 valence electrons. The van der Waals surface area contributed by atoms with Crippen LogP contribution in [-0.4, -0.2) is 43.5 Å². The molecule has 1 N–H and O–H groups in total. The van der Waals surface area contributed by atoms with E-state index in [0.717, 1.165) is 44.2 Å². The van der Waals surface area contributed by atoms with Gasteiger partial charge in [-0.3, -0.25) is 9.59 Å². The molecule has 0 spiro atoms. The number of carbonyl (C=O) groups is 2. The minimum Gasteiger partial charge on any atom is -0.493 e. The van der Waals surface area contributed by atoms with E-state index in [-0.39, 0.29) is 36.5 Å². The number of aliphatic hydroxyl groups is 1. The molecule has 0 heterocycles. The summed E-state index contributed by atoms with van der Waals surface area (Å²) >= 11 is 0. The van der Waals surface area contributed by atoms with Gasteiger partial charge in [0.1, 0.15) is 5.75 Å². The molecule has 0 radical (unpaired) electrons. The topological polar surface area (TPSA) is 82.1 Å². The minimum absolute atomic E-state index is 0.0301. The van der Waals surface area contributed by atoms with E-state index < -0.39 is 11.7 Å². The van der Waals surface area contributed by atoms with Crippen molar-refractivity contribution in [3.63, 3.8) is 0 Å². The molecule has 1 saturated carbocycles. The van der Waals surface area contributed by atoms with Gasteiger partial charge in [-0.25, -0.2) is 0 Å². The van der Waals surface area contributed by atoms with Gasteiger partial charge in [0.2, 0.25) is 0 Å². The lowest BCUT2D eigenvalue weighted by Crippen LogP contribution is -2.16. The van der Waals surface area contributed by atoms with Crippen LogP contribution < -0.4 is 4.74 Å². The summed E-state index contributed by atoms with van der Waals surface area (Å²) in [5.41, 5.74) is -0.726. The maximum absolute atomic E-state index is 12.7. The molecular weight excluding hydrogens is 489 g/mol. The predicted molar refractivity (Wildman–Crippen MR) is 135 cm³/mol. The zero-order valence-electron chi connectivity index (χ0n) is 21.8. The van der Waals surface area contributed by atoms with Crippen molar-refractivity contribution in [2.24, 2.45) is 11.8 Å². The molecule has 9 heteroatoms. The molecule has 1 fully saturated rings. The highest BCUT2D eigenvalue weighted by Crippen LogP contribution is 2.36. The molecule has 1 unspecified atom stereocenters. The molecule has 0 aliphatic heterocycles. The largest absolute Gasteiger partial charge is 0.493 e. The Bertz CT molecular complexity index is 851. The maximum atomic E-state index is 12.7. The smallest absolute Gasteiger partial charge is 0.416 e. The van der Waals surface area contributed by atoms with Crippen LogP contribution >= 0.6 is 0 Å². The van der Waals surface area contributed by atoms with Gasteiger partial charge in [-0.15, -0.1) is 0 Å². The maximum Gasteiger partial charge on any atom is 0.416 e. The van der Waals surface area contributed by atoms with Crippen LogP contribution in [0.3, 0.4) is 0 Å². The molecule has 1 aromatic rings. The van der Waals surface area contributed by atoms with E-state index in [1.165, 1.54) is 19.2 Å². The number of hydrogen-bond acceptors (Lipinski definition) is 6. The van der Waals surface area contributed by atoms with Crippen LogP contribution in [0, 0.1) is 11.8 Å². The van der Waals surface area contributed by atoms with Crippen LogP contribution in [0.25, 0.3) is 0 Å². The standard InChI is InChI=1S/C24H31F3O4.C4H8O2/c1-30-23(29)13-5-3-2-4-9-18-14-15-22(28)21(18)12-6-7-16-31-20-11-8-10-19(17-20)24(25,26)27;1-4(2)6-3-5/h2,4,6,8,10-12,17-18,21-22,28H,3,5,7,9,13-16H2,1H3;3-4H,1-2H3/b4-2-,12-6+;/t18-,21?,22+;/m0./s1. The van der Waals surface area contributed by atoms with Crippen LogP contribution in [0.5, 0.6) is 5.75 Å². The van der Waals surface area contributed by atoms with E-state index in [2.05, 4.69) is 21.6 Å². The average Bonchev–Trinajstić information content (AvgIpc) is 3.20. The van der Waals surface area contributed by atoms with E-state index >= 15 is 0 Å². The fourth-order valence-corrected chi connectivity index (χ4v) is 3.87. The van der Waals surface area contributed by atoms with Gasteiger partial charge in [0.25, 0.3) is 6.47 Å². The van der Waals surface area contributed by atoms with Gasteiger partial charge in [-0.2, -0.15) is 13.2 Å². The zero-order valence-corrected chi connectivity index (χ0v) is 21.8. The Morgan fingerprint density at radius 1 is 1.16 bits per heavy atom. The Morgan fingerprint density at radius 2 is 1.92 bits per heavy atom. The number of methoxy groups -OCH3 is 1. The number of ether oxygens (including phenoxy) is 3. The molecule has 0 bridgehead atoms. The van der Waals surface area contributed by atoms with Crippen LogP contribution in [0.15, 0.2) is 48.6 Å². The normalized spacial score (nSPS) is 19.6. The van der Waals surface area contributed by atoms with Gasteiger partial charge in [-0.1, -0.05) is 30.4 Å². The molecule has 1 aromatic carbocycles. The van der Waals surface area contributed by atoms with Crippen molar-refractivity contribution in [3.8, 4) is 5.75 Å². The number of esters is 1. The zero-order chi connectivity index (χ0) is 27.7. The summed E-state index contributed by atoms with van der Waals surface area (Å²) < 4.78 is 52.6. The fourth-order valence-electron chi connectivity index (χ4n) is 3.87. The summed E-state index contributed by atoms with van der Waals surface area (Å²) in [6.07, 6.45) is 8.49. The summed E-state index contributed by atoms with van der Waals surface area (Å²) in [5, 5.41) is 10.3. The monoisotopic (exact) mass is 528 g/mol. The van der Waals surface area contributed by atoms with Gasteiger partial charge in [-0.05, 0) is 76.5 Å². The van der Waals surface area contributed by atoms with E-state index in [9.17, 15) is 27.9 Å². The van der Waals surface area contributed by atoms with Crippen molar-refractivity contribution in [1.82, 2.24) is 0 Å². The Labute approximate surface area is 217 Å². The van der Waals surface area contributed by atoms with Crippen molar-refractivity contribution >= 4 is 12.4 Å². The second-order valence-electron chi connectivity index (χ2n) is 9.03. The highest BCUT2D eigenvalue weighted by atomic mass is 19.4. The fraction of sp³-hybridized carbons (Fsp3) is 0.571. The highest BCUT2D eigenvalue weighted by Gasteiger charge is 2.32. The minimum atomic E-state index is -4.39. The molecule has 3 atom stereocenters. The summed E-state index contributed by atoms with van der Waals surface area (Å²) in [6.45, 7) is 4.32. The van der Waals surface area contributed by atoms with Crippen molar-refractivity contribution in [3.05, 3.63) is 54.1 Å². The molecular formula is C28H39F3O6. The van der Waals surface area contributed by atoms with Gasteiger partial charge < -0.3 is 19.3 Å². The van der Waals surface area contributed by atoms with Crippen molar-refractivity contribution < 1.29 is 42.1 Å². The number of aliphatic hydroxyl groups excluding tert-OH is 1. The van der Waals surface area contributed by atoms with E-state index in [1.807, 2.05) is 12.2 Å². The summed E-state index contributed by atoms with van der Waals surface area (Å²) in [5.74, 6) is 0.412. The lowest BCUT2D eigenvalue weighted by molar-refractivity contribution is -0.140. The van der Waals surface area contributed by atoms with E-state index in [0.29, 0.717) is 25.2 Å². The van der Waals surface area contributed by atoms with Gasteiger partial charge in [0, 0.05) is 12.3 Å². The first-order chi connectivity index (χ1) is 17.6. The molecule has 37 heavy (non-hydrogen) atoms. The number of rotatable bonds is 13. The Kier molecular flexibility index (Phi) is 15.3. The molecule has 1 aliphatic carbocycles. The van der Waals surface area contributed by atoms with Crippen molar-refractivity contribution in [2.45, 2.75) is 77.2 Å². The van der Waals surface area contributed by atoms with Gasteiger partial charge in [0.05, 0.1) is 31.5 Å². The number of carbonyl (C=O) groups excluding carboxylic acids is 2. The Morgan fingerprint density at radius 3 is 2.54 bits per heavy atom. The summed E-state index contributed by atoms with van der Waals surface area (Å²) in [6, 6.07) is 4.85. The Hall–Kier alpha value is -2.81. The summed E-state index contributed by atoms with van der Waals surface area (Å²) in [7, 11) is 1.38. The highest BCUT2D eigenvalue weighted by molar-refractivity contribution is 5.69. The van der Waals surface area contributed by atoms with E-state index in [1.54, 1.807) is 13.8 Å². The first-order valence-electron chi connectivity index (χ1n) is 12.5. The molecule has 0 aromatic heterocycles. The number of unbranched alkanes of at least 4 members (excludes halogenated alkanes) is 1. The molecule has 1 aliphatic rings. The third kappa shape index (κ3) is 13.9. The van der Waals surface area contributed by atoms with Crippen LogP contribution in [0.2, 0.25) is 0 Å². The third-order valence-corrected chi connectivity index (χ3v) is 5.81. The first kappa shape index (κ1) is 32.2. The van der Waals surface area contributed by atoms with Gasteiger partial charge in [0.15, 0.2) is 0 Å². The number of alkyl halides is 3. The lowest BCUT2D eigenvalue weighted by Gasteiger charge is -2.17. The number of halogens is 3. The molecule has 2 rings (SSSR count). The number of benzene rings is 1. The average molecular weight is 529 g/mol. The number of hydrogen-bond donors (Lipinski definition) is 1. The molecule has 0 amide bonds. The van der Waals surface area contributed by atoms with Gasteiger partial charge >= 0.3 is 12.1 Å². The SMILES string of the molecule is CC(C)OC=O.COC(=O)CCC/C=C\C[C@H]1CC[C@@H](O)C1/C=C/CCOc1cccc(C(F)(F)F)c1. The molecule has 6 nitrogen and oxygen atoms in total. The van der Waals surface area contributed by atoms with Crippen LogP contribution in [-0.2, 0) is 25.2 Å². The van der Waals surface area contributed by atoms with Crippen LogP contribution in [0.1, 0.15) is 64.4 Å². The molecule has 0 saturated heterocycles. The second kappa shape index (κ2) is 17.6. The van der Waals surface area contributed by atoms with E-state index in [4.69, 9.17) is 4.74 Å². The summed E-state index contributed by atoms with van der Waals surface area (Å²) in [4.78, 5) is 20.5. The number of allylic oxidation sites excluding steroid dienone is 2. The quantitative estimate of drug-likeness (QED) is 0.141. The third-order valence-electron chi connectivity index (χ3n) is 5.81. The van der Waals surface area contributed by atoms with Crippen molar-refractivity contribution in [1.29, 1.82) is 0 Å². The Balaban J connectivity index is 0.00000102. The van der Waals surface area contributed by atoms with Crippen LogP contribution in [0.4, 0.5) is 13.2 Å².